The molecule has 1 aliphatic rings. The number of nitrogens with zero attached hydrogens (tertiary/aromatic N) is 1. The lowest BCUT2D eigenvalue weighted by Crippen LogP contribution is -2.36. The molecule has 0 radical (unpaired) electrons. The van der Waals surface area contributed by atoms with Crippen molar-refractivity contribution >= 4 is 56.5 Å². The number of nitrogens with one attached hydrogen (secondary N) is 1. The van der Waals surface area contributed by atoms with Gasteiger partial charge in [-0.25, -0.2) is 0 Å². The molecule has 0 spiro atoms. The number of rotatable bonds is 9. The predicted octanol–water partition coefficient (Wildman–Crippen LogP) is 5.09. The van der Waals surface area contributed by atoms with Crippen molar-refractivity contribution in [2.45, 2.75) is 6.92 Å². The number of para-hydroxylation sites is 1. The number of anilines is 1. The molecule has 0 aromatic heterocycles. The van der Waals surface area contributed by atoms with Gasteiger partial charge in [-0.1, -0.05) is 30.9 Å². The third kappa shape index (κ3) is 5.80. The summed E-state index contributed by atoms with van der Waals surface area (Å²) in [6.45, 7) is 5.88. The Kier molecular flexibility index (Phi) is 8.13. The molecule has 9 heteroatoms. The van der Waals surface area contributed by atoms with Crippen LogP contribution in [0.25, 0.3) is 6.08 Å². The molecule has 1 aliphatic heterocycles. The summed E-state index contributed by atoms with van der Waals surface area (Å²) >= 11 is 4.13. The molecular formula is C23H21BrN2O5S. The van der Waals surface area contributed by atoms with Crippen molar-refractivity contribution in [3.63, 3.8) is 0 Å². The van der Waals surface area contributed by atoms with Crippen LogP contribution in [0.15, 0.2) is 64.5 Å². The van der Waals surface area contributed by atoms with Gasteiger partial charge in [0.1, 0.15) is 13.2 Å². The van der Waals surface area contributed by atoms with Crippen LogP contribution in [0.3, 0.4) is 0 Å². The Balaban J connectivity index is 1.73. The number of halogens is 1. The Morgan fingerprint density at radius 1 is 1.19 bits per heavy atom. The third-order valence-corrected chi connectivity index (χ3v) is 5.84. The van der Waals surface area contributed by atoms with E-state index in [0.717, 1.165) is 16.7 Å². The maximum absolute atomic E-state index is 12.8. The summed E-state index contributed by atoms with van der Waals surface area (Å²) in [6.07, 6.45) is 3.22. The molecule has 0 saturated carbocycles. The highest BCUT2D eigenvalue weighted by Crippen LogP contribution is 2.34. The number of imide groups is 1. The van der Waals surface area contributed by atoms with Crippen LogP contribution in [0.4, 0.5) is 10.5 Å². The Hall–Kier alpha value is -3.04. The van der Waals surface area contributed by atoms with E-state index in [1.165, 1.54) is 0 Å². The van der Waals surface area contributed by atoms with Crippen molar-refractivity contribution in [1.29, 1.82) is 0 Å². The number of hydrogen-bond acceptors (Lipinski definition) is 6. The van der Waals surface area contributed by atoms with E-state index in [1.54, 1.807) is 48.6 Å². The first kappa shape index (κ1) is 23.6. The molecule has 1 fully saturated rings. The predicted molar refractivity (Wildman–Crippen MR) is 129 cm³/mol. The van der Waals surface area contributed by atoms with Gasteiger partial charge >= 0.3 is 0 Å². The minimum atomic E-state index is -0.521. The number of ether oxygens (including phenoxy) is 2. The summed E-state index contributed by atoms with van der Waals surface area (Å²) < 4.78 is 11.9. The largest absolute Gasteiger partial charge is 0.490 e. The van der Waals surface area contributed by atoms with Gasteiger partial charge in [0.15, 0.2) is 11.5 Å². The molecule has 2 aromatic carbocycles. The van der Waals surface area contributed by atoms with E-state index in [0.29, 0.717) is 40.4 Å². The standard InChI is InChI=1S/C23H21BrN2O5S/c1-3-11-31-18-10-9-15(12-19(18)30-4-2)13-20-22(28)26(23(29)32-20)14-21(27)25-17-8-6-5-7-16(17)24/h3,5-10,12-13H,1,4,11,14H2,2H3,(H,25,27)/b20-13+. The van der Waals surface area contributed by atoms with Crippen LogP contribution >= 0.6 is 27.7 Å². The lowest BCUT2D eigenvalue weighted by Gasteiger charge is -2.13. The maximum Gasteiger partial charge on any atom is 0.294 e. The average molecular weight is 517 g/mol. The zero-order chi connectivity index (χ0) is 23.1. The quantitative estimate of drug-likeness (QED) is 0.369. The van der Waals surface area contributed by atoms with Gasteiger partial charge in [-0.3, -0.25) is 19.3 Å². The molecule has 2 aromatic rings. The highest BCUT2D eigenvalue weighted by atomic mass is 79.9. The average Bonchev–Trinajstić information content (AvgIpc) is 3.02. The van der Waals surface area contributed by atoms with E-state index in [1.807, 2.05) is 13.0 Å². The Labute approximate surface area is 198 Å². The van der Waals surface area contributed by atoms with Crippen LogP contribution in [0.5, 0.6) is 11.5 Å². The molecule has 1 heterocycles. The van der Waals surface area contributed by atoms with Gasteiger partial charge in [0.25, 0.3) is 11.1 Å². The summed E-state index contributed by atoms with van der Waals surface area (Å²) in [5.41, 5.74) is 1.23. The molecular weight excluding hydrogens is 496 g/mol. The van der Waals surface area contributed by atoms with Gasteiger partial charge in [-0.2, -0.15) is 0 Å². The molecule has 0 aliphatic carbocycles. The smallest absolute Gasteiger partial charge is 0.294 e. The Morgan fingerprint density at radius 2 is 1.97 bits per heavy atom. The Morgan fingerprint density at radius 3 is 2.69 bits per heavy atom. The van der Waals surface area contributed by atoms with Crippen molar-refractivity contribution in [2.75, 3.05) is 25.1 Å². The molecule has 1 N–H and O–H groups in total. The lowest BCUT2D eigenvalue weighted by molar-refractivity contribution is -0.127. The first-order chi connectivity index (χ1) is 15.4. The molecule has 0 bridgehead atoms. The molecule has 0 atom stereocenters. The van der Waals surface area contributed by atoms with Gasteiger partial charge < -0.3 is 14.8 Å². The van der Waals surface area contributed by atoms with Crippen LogP contribution in [-0.4, -0.2) is 41.7 Å². The van der Waals surface area contributed by atoms with Crippen molar-refractivity contribution in [1.82, 2.24) is 4.90 Å². The highest BCUT2D eigenvalue weighted by Gasteiger charge is 2.36. The summed E-state index contributed by atoms with van der Waals surface area (Å²) in [5, 5.41) is 2.19. The molecule has 3 rings (SSSR count). The molecule has 32 heavy (non-hydrogen) atoms. The topological polar surface area (TPSA) is 84.9 Å². The fourth-order valence-electron chi connectivity index (χ4n) is 2.83. The van der Waals surface area contributed by atoms with Crippen LogP contribution in [0, 0.1) is 0 Å². The van der Waals surface area contributed by atoms with Gasteiger partial charge in [0.2, 0.25) is 5.91 Å². The number of amides is 3. The maximum atomic E-state index is 12.8. The van der Waals surface area contributed by atoms with E-state index in [9.17, 15) is 14.4 Å². The number of thioether (sulfide) groups is 1. The van der Waals surface area contributed by atoms with E-state index >= 15 is 0 Å². The minimum Gasteiger partial charge on any atom is -0.490 e. The first-order valence-corrected chi connectivity index (χ1v) is 11.3. The second kappa shape index (κ2) is 11.0. The van der Waals surface area contributed by atoms with Crippen molar-refractivity contribution in [3.05, 3.63) is 70.1 Å². The number of hydrogen-bond donors (Lipinski definition) is 1. The van der Waals surface area contributed by atoms with E-state index in [2.05, 4.69) is 27.8 Å². The second-order valence-corrected chi connectivity index (χ2v) is 8.38. The van der Waals surface area contributed by atoms with Crippen LogP contribution < -0.4 is 14.8 Å². The van der Waals surface area contributed by atoms with E-state index in [4.69, 9.17) is 9.47 Å². The summed E-state index contributed by atoms with van der Waals surface area (Å²) in [6, 6.07) is 12.3. The Bertz CT molecular complexity index is 1090. The van der Waals surface area contributed by atoms with E-state index < -0.39 is 17.1 Å². The van der Waals surface area contributed by atoms with Crippen molar-refractivity contribution in [2.24, 2.45) is 0 Å². The molecule has 7 nitrogen and oxygen atoms in total. The van der Waals surface area contributed by atoms with Crippen LogP contribution in [0.1, 0.15) is 12.5 Å². The van der Waals surface area contributed by atoms with Gasteiger partial charge in [0.05, 0.1) is 17.2 Å². The van der Waals surface area contributed by atoms with Crippen LogP contribution in [-0.2, 0) is 9.59 Å². The summed E-state index contributed by atoms with van der Waals surface area (Å²) in [4.78, 5) is 38.6. The monoisotopic (exact) mass is 516 g/mol. The zero-order valence-corrected chi connectivity index (χ0v) is 19.7. The summed E-state index contributed by atoms with van der Waals surface area (Å²) in [7, 11) is 0. The molecule has 166 valence electrons. The van der Waals surface area contributed by atoms with Gasteiger partial charge in [0, 0.05) is 4.47 Å². The van der Waals surface area contributed by atoms with Crippen LogP contribution in [0.2, 0.25) is 0 Å². The third-order valence-electron chi connectivity index (χ3n) is 4.25. The van der Waals surface area contributed by atoms with Gasteiger partial charge in [-0.15, -0.1) is 0 Å². The normalized spacial score (nSPS) is 14.6. The van der Waals surface area contributed by atoms with Crippen molar-refractivity contribution in [3.8, 4) is 11.5 Å². The number of carbonyl (C=O) groups excluding carboxylic acids is 3. The highest BCUT2D eigenvalue weighted by molar-refractivity contribution is 9.10. The van der Waals surface area contributed by atoms with E-state index in [-0.39, 0.29) is 11.4 Å². The fourth-order valence-corrected chi connectivity index (χ4v) is 4.06. The number of benzene rings is 2. The molecule has 3 amide bonds. The molecule has 1 saturated heterocycles. The molecule has 0 unspecified atom stereocenters. The lowest BCUT2D eigenvalue weighted by atomic mass is 10.2. The minimum absolute atomic E-state index is 0.228. The summed E-state index contributed by atoms with van der Waals surface area (Å²) in [5.74, 6) is 0.0888. The zero-order valence-electron chi connectivity index (χ0n) is 17.3. The second-order valence-electron chi connectivity index (χ2n) is 6.53. The number of carbonyl (C=O) groups is 3. The fraction of sp³-hybridized carbons (Fsp3) is 0.174. The first-order valence-electron chi connectivity index (χ1n) is 9.73. The SMILES string of the molecule is C=CCOc1ccc(/C=C2/SC(=O)N(CC(=O)Nc3ccccc3Br)C2=O)cc1OCC. The van der Waals surface area contributed by atoms with Crippen molar-refractivity contribution < 1.29 is 23.9 Å². The van der Waals surface area contributed by atoms with Gasteiger partial charge in [-0.05, 0) is 70.5 Å².